The minimum Gasteiger partial charge on any atom is -0.454 e. The lowest BCUT2D eigenvalue weighted by atomic mass is 9.88. The van der Waals surface area contributed by atoms with Gasteiger partial charge in [0.25, 0.3) is 0 Å². The Morgan fingerprint density at radius 1 is 0.379 bits per heavy atom. The Hall–Kier alpha value is -6.84. The Morgan fingerprint density at radius 2 is 0.864 bits per heavy atom. The first kappa shape index (κ1) is 43.1. The maximum atomic E-state index is 6.81. The maximum Gasteiger partial charge on any atom is 0.159 e. The summed E-state index contributed by atoms with van der Waals surface area (Å²) in [4.78, 5) is 4.97. The van der Waals surface area contributed by atoms with Crippen molar-refractivity contribution in [3.8, 4) is 0 Å². The molecule has 3 heteroatoms. The number of rotatable bonds is 11. The Balaban J connectivity index is 1.28. The third-order valence-electron chi connectivity index (χ3n) is 14.3. The van der Waals surface area contributed by atoms with E-state index in [-0.39, 0.29) is 0 Å². The summed E-state index contributed by atoms with van der Waals surface area (Å²) in [5.41, 5.74) is 17.7. The Bertz CT molecular complexity index is 3370. The van der Waals surface area contributed by atoms with Gasteiger partial charge in [-0.2, -0.15) is 0 Å². The number of anilines is 6. The van der Waals surface area contributed by atoms with E-state index >= 15 is 0 Å². The third-order valence-corrected chi connectivity index (χ3v) is 14.3. The van der Waals surface area contributed by atoms with Crippen molar-refractivity contribution in [1.82, 2.24) is 0 Å². The zero-order valence-corrected chi connectivity index (χ0v) is 40.4. The summed E-state index contributed by atoms with van der Waals surface area (Å²) in [6.45, 7) is 22.7. The number of aryl methyl sites for hydroxylation is 4. The van der Waals surface area contributed by atoms with Crippen LogP contribution in [-0.4, -0.2) is 0 Å². The molecule has 10 rings (SSSR count). The highest BCUT2D eigenvalue weighted by Crippen LogP contribution is 2.49. The summed E-state index contributed by atoms with van der Waals surface area (Å²) in [6.07, 6.45) is 2.09. The molecule has 0 N–H and O–H groups in total. The summed E-state index contributed by atoms with van der Waals surface area (Å²) < 4.78 is 6.81. The molecule has 3 nitrogen and oxygen atoms in total. The molecule has 0 aliphatic heterocycles. The molecule has 0 spiro atoms. The molecule has 2 atom stereocenters. The van der Waals surface area contributed by atoms with Crippen molar-refractivity contribution in [3.63, 3.8) is 0 Å². The first-order chi connectivity index (χ1) is 31.9. The Morgan fingerprint density at radius 3 is 1.38 bits per heavy atom. The van der Waals surface area contributed by atoms with Gasteiger partial charge in [0.15, 0.2) is 5.58 Å². The van der Waals surface area contributed by atoms with Gasteiger partial charge >= 0.3 is 0 Å². The molecule has 0 bridgehead atoms. The van der Waals surface area contributed by atoms with Crippen LogP contribution < -0.4 is 9.80 Å². The lowest BCUT2D eigenvalue weighted by Gasteiger charge is -2.30. The van der Waals surface area contributed by atoms with Crippen LogP contribution in [0.5, 0.6) is 0 Å². The second kappa shape index (κ2) is 17.2. The second-order valence-electron chi connectivity index (χ2n) is 19.5. The molecule has 2 unspecified atom stereocenters. The lowest BCUT2D eigenvalue weighted by Crippen LogP contribution is -2.12. The molecule has 0 aliphatic carbocycles. The van der Waals surface area contributed by atoms with E-state index in [2.05, 4.69) is 231 Å². The van der Waals surface area contributed by atoms with Crippen molar-refractivity contribution < 1.29 is 4.42 Å². The van der Waals surface area contributed by atoms with Gasteiger partial charge in [-0.05, 0) is 179 Å². The number of hydrogen-bond donors (Lipinski definition) is 0. The average molecular weight is 863 g/mol. The topological polar surface area (TPSA) is 19.6 Å². The van der Waals surface area contributed by atoms with E-state index in [1.807, 2.05) is 0 Å². The largest absolute Gasteiger partial charge is 0.454 e. The zero-order chi connectivity index (χ0) is 46.0. The number of hydrogen-bond acceptors (Lipinski definition) is 3. The van der Waals surface area contributed by atoms with E-state index in [1.54, 1.807) is 0 Å². The van der Waals surface area contributed by atoms with E-state index in [1.165, 1.54) is 88.3 Å². The minimum atomic E-state index is 0.351. The van der Waals surface area contributed by atoms with Crippen LogP contribution in [0.4, 0.5) is 34.1 Å². The molecule has 10 aromatic rings. The summed E-state index contributed by atoms with van der Waals surface area (Å²) >= 11 is 0. The van der Waals surface area contributed by atoms with Gasteiger partial charge in [-0.15, -0.1) is 0 Å². The van der Waals surface area contributed by atoms with Gasteiger partial charge < -0.3 is 14.2 Å². The predicted octanol–water partition coefficient (Wildman–Crippen LogP) is 19.4. The van der Waals surface area contributed by atoms with Crippen LogP contribution in [0.3, 0.4) is 0 Å². The molecule has 0 amide bonds. The molecule has 0 aliphatic rings. The van der Waals surface area contributed by atoms with E-state index in [0.29, 0.717) is 17.8 Å². The Labute approximate surface area is 391 Å². The SMILES string of the molecule is CCC(C)c1cc(N(c2cc(C)cc(C)c2)c2cc(C)cc(C)c2)c2ccc3c4cc(C(C)CC)cc(N(c5ccc(C(C)C)cc5)c5cccc6c5oc5ccccc56)c4ccc3c2c1. The number of fused-ring (bicyclic) bond motifs is 8. The molecular weight excluding hydrogens is 801 g/mol. The fraction of sp³-hybridized carbons (Fsp3) is 0.238. The fourth-order valence-corrected chi connectivity index (χ4v) is 10.4. The van der Waals surface area contributed by atoms with Crippen molar-refractivity contribution in [2.45, 2.75) is 99.8 Å². The van der Waals surface area contributed by atoms with Crippen molar-refractivity contribution in [1.29, 1.82) is 0 Å². The van der Waals surface area contributed by atoms with Crippen LogP contribution in [0.2, 0.25) is 0 Å². The molecular formula is C63H62N2O. The first-order valence-corrected chi connectivity index (χ1v) is 24.1. The molecule has 0 saturated carbocycles. The maximum absolute atomic E-state index is 6.81. The standard InChI is InChI=1S/C63H62N2O/c1-11-43(9)46-34-57-51-25-27-54-58(52(51)24-26-53(57)60(36-46)64(49-30-39(5)28-40(6)31-49)50-32-41(7)29-42(8)33-50)35-47(44(10)12-2)37-61(54)65(48-22-20-45(21-23-48)38(3)4)59-18-15-17-56-55-16-13-14-19-62(55)66-63(56)59/h13-38,43-44H,11-12H2,1-10H3. The molecule has 0 saturated heterocycles. The summed E-state index contributed by atoms with van der Waals surface area (Å²) in [7, 11) is 0. The molecule has 66 heavy (non-hydrogen) atoms. The van der Waals surface area contributed by atoms with Crippen molar-refractivity contribution in [2.24, 2.45) is 0 Å². The van der Waals surface area contributed by atoms with Gasteiger partial charge in [0.2, 0.25) is 0 Å². The first-order valence-electron chi connectivity index (χ1n) is 24.1. The number of para-hydroxylation sites is 2. The number of furan rings is 1. The molecule has 9 aromatic carbocycles. The van der Waals surface area contributed by atoms with Crippen LogP contribution in [0.15, 0.2) is 156 Å². The molecule has 1 heterocycles. The van der Waals surface area contributed by atoms with Crippen LogP contribution >= 0.6 is 0 Å². The van der Waals surface area contributed by atoms with Gasteiger partial charge in [0.1, 0.15) is 5.58 Å². The molecule has 330 valence electrons. The smallest absolute Gasteiger partial charge is 0.159 e. The predicted molar refractivity (Wildman–Crippen MR) is 286 cm³/mol. The second-order valence-corrected chi connectivity index (χ2v) is 19.5. The quantitative estimate of drug-likeness (QED) is 0.121. The van der Waals surface area contributed by atoms with Gasteiger partial charge in [-0.25, -0.2) is 0 Å². The minimum absolute atomic E-state index is 0.351. The number of nitrogens with zero attached hydrogens (tertiary/aromatic N) is 2. The van der Waals surface area contributed by atoms with Crippen molar-refractivity contribution >= 4 is 88.4 Å². The number of benzene rings is 9. The van der Waals surface area contributed by atoms with Crippen molar-refractivity contribution in [3.05, 3.63) is 191 Å². The van der Waals surface area contributed by atoms with E-state index in [0.717, 1.165) is 51.8 Å². The van der Waals surface area contributed by atoms with Gasteiger partial charge in [-0.3, -0.25) is 0 Å². The van der Waals surface area contributed by atoms with Crippen LogP contribution in [0.25, 0.3) is 54.3 Å². The zero-order valence-electron chi connectivity index (χ0n) is 40.4. The van der Waals surface area contributed by atoms with E-state index < -0.39 is 0 Å². The van der Waals surface area contributed by atoms with Gasteiger partial charge in [0, 0.05) is 38.6 Å². The third kappa shape index (κ3) is 7.59. The summed E-state index contributed by atoms with van der Waals surface area (Å²) in [5.74, 6) is 1.16. The highest BCUT2D eigenvalue weighted by Gasteiger charge is 2.25. The van der Waals surface area contributed by atoms with Gasteiger partial charge in [-0.1, -0.05) is 133 Å². The normalized spacial score (nSPS) is 12.8. The summed E-state index contributed by atoms with van der Waals surface area (Å²) in [6, 6.07) is 57.6. The van der Waals surface area contributed by atoms with Crippen molar-refractivity contribution in [2.75, 3.05) is 9.80 Å². The highest BCUT2D eigenvalue weighted by molar-refractivity contribution is 6.22. The van der Waals surface area contributed by atoms with E-state index in [4.69, 9.17) is 4.42 Å². The lowest BCUT2D eigenvalue weighted by molar-refractivity contribution is 0.669. The van der Waals surface area contributed by atoms with Gasteiger partial charge in [0.05, 0.1) is 17.1 Å². The Kier molecular flexibility index (Phi) is 11.2. The molecule has 0 fully saturated rings. The van der Waals surface area contributed by atoms with E-state index in [9.17, 15) is 0 Å². The van der Waals surface area contributed by atoms with Crippen LogP contribution in [0, 0.1) is 27.7 Å². The summed E-state index contributed by atoms with van der Waals surface area (Å²) in [5, 5.41) is 9.78. The highest BCUT2D eigenvalue weighted by atomic mass is 16.3. The van der Waals surface area contributed by atoms with Crippen LogP contribution in [-0.2, 0) is 0 Å². The molecule has 0 radical (unpaired) electrons. The monoisotopic (exact) mass is 862 g/mol. The van der Waals surface area contributed by atoms with Crippen LogP contribution in [0.1, 0.15) is 111 Å². The molecule has 1 aromatic heterocycles. The fourth-order valence-electron chi connectivity index (χ4n) is 10.4. The average Bonchev–Trinajstić information content (AvgIpc) is 3.70.